The number of carbonyl (C=O) groups excluding carboxylic acids is 2. The van der Waals surface area contributed by atoms with Crippen LogP contribution >= 0.6 is 11.6 Å². The molecule has 1 atom stereocenters. The van der Waals surface area contributed by atoms with Gasteiger partial charge in [0.15, 0.2) is 0 Å². The summed E-state index contributed by atoms with van der Waals surface area (Å²) in [6, 6.07) is 10.7. The summed E-state index contributed by atoms with van der Waals surface area (Å²) in [5.41, 5.74) is 1.95. The SMILES string of the molecule is Cc1cc(CN(CCC(F)(F)F)C(CC(=O)O)c2ccc(Cl)cc2)ccc1OCCN1C(=O)CCC1=O. The van der Waals surface area contributed by atoms with E-state index in [4.69, 9.17) is 16.3 Å². The van der Waals surface area contributed by atoms with Crippen molar-refractivity contribution in [2.45, 2.75) is 51.4 Å². The number of alkyl halides is 3. The van der Waals surface area contributed by atoms with E-state index in [2.05, 4.69) is 0 Å². The standard InChI is InChI=1S/C26H28ClF3N2O5/c1-17-14-18(2-7-22(17)37-13-12-32-23(33)8-9-24(32)34)16-31(11-10-26(28,29)30)21(15-25(35)36)19-3-5-20(27)6-4-19/h2-7,14,21H,8-13,15-16H2,1H3,(H,35,36). The number of benzene rings is 2. The van der Waals surface area contributed by atoms with Gasteiger partial charge in [-0.2, -0.15) is 13.2 Å². The van der Waals surface area contributed by atoms with Crippen LogP contribution in [0.2, 0.25) is 5.02 Å². The number of hydrogen-bond acceptors (Lipinski definition) is 5. The number of aryl methyl sites for hydroxylation is 1. The lowest BCUT2D eigenvalue weighted by molar-refractivity contribution is -0.143. The van der Waals surface area contributed by atoms with Crippen LogP contribution in [-0.2, 0) is 20.9 Å². The Bertz CT molecular complexity index is 1110. The largest absolute Gasteiger partial charge is 0.491 e. The third-order valence-corrected chi connectivity index (χ3v) is 6.35. The fourth-order valence-corrected chi connectivity index (χ4v) is 4.38. The van der Waals surface area contributed by atoms with Crippen LogP contribution < -0.4 is 4.74 Å². The molecule has 1 aliphatic heterocycles. The Balaban J connectivity index is 1.76. The van der Waals surface area contributed by atoms with E-state index in [9.17, 15) is 32.7 Å². The fourth-order valence-electron chi connectivity index (χ4n) is 4.25. The van der Waals surface area contributed by atoms with Gasteiger partial charge in [-0.25, -0.2) is 0 Å². The predicted octanol–water partition coefficient (Wildman–Crippen LogP) is 5.15. The Morgan fingerprint density at radius 2 is 1.78 bits per heavy atom. The minimum absolute atomic E-state index is 0.0779. The van der Waals surface area contributed by atoms with Crippen LogP contribution in [0.4, 0.5) is 13.2 Å². The van der Waals surface area contributed by atoms with Gasteiger partial charge in [0.2, 0.25) is 11.8 Å². The molecule has 0 aliphatic carbocycles. The highest BCUT2D eigenvalue weighted by atomic mass is 35.5. The van der Waals surface area contributed by atoms with E-state index < -0.39 is 24.6 Å². The first-order valence-corrected chi connectivity index (χ1v) is 12.1. The van der Waals surface area contributed by atoms with E-state index in [1.807, 2.05) is 0 Å². The molecule has 2 aromatic carbocycles. The van der Waals surface area contributed by atoms with Crippen molar-refractivity contribution in [2.75, 3.05) is 19.7 Å². The highest BCUT2D eigenvalue weighted by Gasteiger charge is 2.31. The van der Waals surface area contributed by atoms with Gasteiger partial charge in [0, 0.05) is 37.0 Å². The van der Waals surface area contributed by atoms with E-state index in [0.29, 0.717) is 27.5 Å². The Labute approximate surface area is 217 Å². The number of halogens is 4. The van der Waals surface area contributed by atoms with Gasteiger partial charge in [0.05, 0.1) is 19.4 Å². The number of aliphatic carboxylic acids is 1. The number of hydrogen-bond donors (Lipinski definition) is 1. The molecule has 1 heterocycles. The molecule has 200 valence electrons. The van der Waals surface area contributed by atoms with E-state index in [-0.39, 0.29) is 57.3 Å². The third kappa shape index (κ3) is 8.46. The maximum atomic E-state index is 13.1. The maximum absolute atomic E-state index is 13.1. The molecule has 3 rings (SSSR count). The highest BCUT2D eigenvalue weighted by molar-refractivity contribution is 6.30. The molecule has 2 amide bonds. The van der Waals surface area contributed by atoms with Gasteiger partial charge in [0.1, 0.15) is 12.4 Å². The molecule has 0 radical (unpaired) electrons. The van der Waals surface area contributed by atoms with Crippen LogP contribution in [0.15, 0.2) is 42.5 Å². The first-order valence-electron chi connectivity index (χ1n) is 11.8. The molecular weight excluding hydrogens is 513 g/mol. The molecule has 0 aromatic heterocycles. The van der Waals surface area contributed by atoms with Gasteiger partial charge >= 0.3 is 12.1 Å². The molecule has 0 spiro atoms. The monoisotopic (exact) mass is 540 g/mol. The summed E-state index contributed by atoms with van der Waals surface area (Å²) >= 11 is 5.95. The van der Waals surface area contributed by atoms with Crippen LogP contribution in [0.25, 0.3) is 0 Å². The lowest BCUT2D eigenvalue weighted by atomic mass is 10.00. The average molecular weight is 541 g/mol. The fraction of sp³-hybridized carbons (Fsp3) is 0.423. The highest BCUT2D eigenvalue weighted by Crippen LogP contribution is 2.31. The molecule has 7 nitrogen and oxygen atoms in total. The van der Waals surface area contributed by atoms with Gasteiger partial charge in [-0.05, 0) is 41.8 Å². The van der Waals surface area contributed by atoms with Crippen LogP contribution in [0.1, 0.15) is 48.4 Å². The first-order chi connectivity index (χ1) is 17.4. The van der Waals surface area contributed by atoms with Crippen molar-refractivity contribution in [1.29, 1.82) is 0 Å². The minimum atomic E-state index is -4.41. The van der Waals surface area contributed by atoms with Gasteiger partial charge in [-0.3, -0.25) is 24.2 Å². The smallest absolute Gasteiger partial charge is 0.390 e. The molecule has 1 saturated heterocycles. The second-order valence-corrected chi connectivity index (χ2v) is 9.32. The van der Waals surface area contributed by atoms with Crippen molar-refractivity contribution < 1.29 is 37.4 Å². The normalized spacial score (nSPS) is 14.9. The Morgan fingerprint density at radius 1 is 1.14 bits per heavy atom. The van der Waals surface area contributed by atoms with Crippen LogP contribution in [0.5, 0.6) is 5.75 Å². The predicted molar refractivity (Wildman–Crippen MR) is 130 cm³/mol. The summed E-state index contributed by atoms with van der Waals surface area (Å²) in [6.07, 6.45) is -5.47. The van der Waals surface area contributed by atoms with Gasteiger partial charge in [-0.15, -0.1) is 0 Å². The quantitative estimate of drug-likeness (QED) is 0.375. The van der Waals surface area contributed by atoms with Gasteiger partial charge in [-0.1, -0.05) is 35.9 Å². The number of amides is 2. The zero-order valence-corrected chi connectivity index (χ0v) is 21.0. The molecule has 2 aromatic rings. The van der Waals surface area contributed by atoms with Crippen molar-refractivity contribution >= 4 is 29.4 Å². The van der Waals surface area contributed by atoms with E-state index >= 15 is 0 Å². The molecular formula is C26H28ClF3N2O5. The Hall–Kier alpha value is -3.11. The second kappa shape index (κ2) is 12.4. The number of carboxylic acids is 1. The molecule has 1 N–H and O–H groups in total. The Kier molecular flexibility index (Phi) is 9.56. The van der Waals surface area contributed by atoms with Crippen molar-refractivity contribution in [1.82, 2.24) is 9.80 Å². The lowest BCUT2D eigenvalue weighted by Gasteiger charge is -2.32. The van der Waals surface area contributed by atoms with Crippen molar-refractivity contribution in [3.05, 3.63) is 64.2 Å². The summed E-state index contributed by atoms with van der Waals surface area (Å²) < 4.78 is 45.1. The zero-order valence-electron chi connectivity index (χ0n) is 20.3. The number of nitrogens with zero attached hydrogens (tertiary/aromatic N) is 2. The third-order valence-electron chi connectivity index (χ3n) is 6.10. The molecule has 11 heteroatoms. The van der Waals surface area contributed by atoms with E-state index in [1.54, 1.807) is 49.4 Å². The number of carboxylic acid groups (broad SMARTS) is 1. The van der Waals surface area contributed by atoms with Crippen molar-refractivity contribution in [3.63, 3.8) is 0 Å². The van der Waals surface area contributed by atoms with E-state index in [1.165, 1.54) is 9.80 Å². The van der Waals surface area contributed by atoms with Crippen molar-refractivity contribution in [2.24, 2.45) is 0 Å². The average Bonchev–Trinajstić information content (AvgIpc) is 3.14. The van der Waals surface area contributed by atoms with Gasteiger partial charge < -0.3 is 9.84 Å². The van der Waals surface area contributed by atoms with Crippen LogP contribution in [0.3, 0.4) is 0 Å². The number of likely N-dealkylation sites (tertiary alicyclic amines) is 1. The van der Waals surface area contributed by atoms with Crippen LogP contribution in [0, 0.1) is 6.92 Å². The molecule has 1 aliphatic rings. The topological polar surface area (TPSA) is 87.2 Å². The summed E-state index contributed by atoms with van der Waals surface area (Å²) in [5.74, 6) is -1.07. The number of rotatable bonds is 12. The number of ether oxygens (including phenoxy) is 1. The Morgan fingerprint density at radius 3 is 2.35 bits per heavy atom. The van der Waals surface area contributed by atoms with Crippen molar-refractivity contribution in [3.8, 4) is 5.75 Å². The number of carbonyl (C=O) groups is 3. The molecule has 37 heavy (non-hydrogen) atoms. The van der Waals surface area contributed by atoms with Gasteiger partial charge in [0.25, 0.3) is 0 Å². The summed E-state index contributed by atoms with van der Waals surface area (Å²) in [5, 5.41) is 9.91. The minimum Gasteiger partial charge on any atom is -0.491 e. The summed E-state index contributed by atoms with van der Waals surface area (Å²) in [4.78, 5) is 37.7. The molecule has 1 unspecified atom stereocenters. The molecule has 1 fully saturated rings. The van der Waals surface area contributed by atoms with Crippen LogP contribution in [-0.4, -0.2) is 58.6 Å². The lowest BCUT2D eigenvalue weighted by Crippen LogP contribution is -2.33. The zero-order chi connectivity index (χ0) is 27.2. The summed E-state index contributed by atoms with van der Waals surface area (Å²) in [6.45, 7) is 1.72. The second-order valence-electron chi connectivity index (χ2n) is 8.89. The van der Waals surface area contributed by atoms with E-state index in [0.717, 1.165) is 0 Å². The molecule has 0 bridgehead atoms. The first kappa shape index (κ1) is 28.5. The summed E-state index contributed by atoms with van der Waals surface area (Å²) in [7, 11) is 0. The maximum Gasteiger partial charge on any atom is 0.390 e. The molecule has 0 saturated carbocycles. The number of imide groups is 1.